The highest BCUT2D eigenvalue weighted by Gasteiger charge is 2.01. The molecule has 0 radical (unpaired) electrons. The number of halogens is 2. The van der Waals surface area contributed by atoms with Gasteiger partial charge in [-0.3, -0.25) is 4.98 Å². The highest BCUT2D eigenvalue weighted by atomic mass is 35.5. The summed E-state index contributed by atoms with van der Waals surface area (Å²) in [5.74, 6) is 6.52. The molecule has 4 heteroatoms. The molecule has 0 aliphatic heterocycles. The van der Waals surface area contributed by atoms with Gasteiger partial charge >= 0.3 is 0 Å². The lowest BCUT2D eigenvalue weighted by molar-refractivity contribution is 1.30. The molecule has 1 aromatic heterocycles. The van der Waals surface area contributed by atoms with Crippen LogP contribution in [0.25, 0.3) is 0 Å². The van der Waals surface area contributed by atoms with Crippen molar-refractivity contribution in [2.45, 2.75) is 6.42 Å². The molecular weight excluding hydrogens is 225 g/mol. The lowest BCUT2D eigenvalue weighted by Gasteiger charge is -1.96. The van der Waals surface area contributed by atoms with Crippen LogP contribution in [0.1, 0.15) is 12.0 Å². The van der Waals surface area contributed by atoms with Gasteiger partial charge in [-0.2, -0.15) is 12.6 Å². The van der Waals surface area contributed by atoms with Crippen LogP contribution in [0, 0.1) is 11.8 Å². The molecule has 1 rings (SSSR count). The second kappa shape index (κ2) is 5.39. The number of thiol groups is 1. The third kappa shape index (κ3) is 3.11. The number of pyridine rings is 1. The first-order chi connectivity index (χ1) is 6.25. The van der Waals surface area contributed by atoms with E-state index in [1.807, 2.05) is 0 Å². The monoisotopic (exact) mass is 231 g/mol. The molecule has 0 aliphatic carbocycles. The summed E-state index contributed by atoms with van der Waals surface area (Å²) in [4.78, 5) is 3.83. The zero-order valence-electron chi connectivity index (χ0n) is 6.72. The van der Waals surface area contributed by atoms with Crippen molar-refractivity contribution in [3.8, 4) is 11.8 Å². The molecule has 0 saturated carbocycles. The molecule has 13 heavy (non-hydrogen) atoms. The first kappa shape index (κ1) is 10.7. The molecule has 0 N–H and O–H groups in total. The number of hydrogen-bond acceptors (Lipinski definition) is 2. The van der Waals surface area contributed by atoms with E-state index >= 15 is 0 Å². The predicted octanol–water partition coefficient (Wildman–Crippen LogP) is 3.06. The second-order valence-corrected chi connectivity index (χ2v) is 3.52. The zero-order chi connectivity index (χ0) is 9.68. The third-order valence-corrected chi connectivity index (χ3v) is 2.10. The van der Waals surface area contributed by atoms with Crippen molar-refractivity contribution in [3.05, 3.63) is 28.0 Å². The van der Waals surface area contributed by atoms with Crippen LogP contribution >= 0.6 is 35.8 Å². The molecule has 1 aromatic rings. The summed E-state index contributed by atoms with van der Waals surface area (Å²) in [5, 5.41) is 0.971. The lowest BCUT2D eigenvalue weighted by atomic mass is 10.2. The van der Waals surface area contributed by atoms with E-state index in [2.05, 4.69) is 29.5 Å². The first-order valence-electron chi connectivity index (χ1n) is 3.64. The maximum atomic E-state index is 5.84. The maximum Gasteiger partial charge on any atom is 0.0760 e. The molecule has 0 saturated heterocycles. The van der Waals surface area contributed by atoms with Gasteiger partial charge in [0.15, 0.2) is 0 Å². The fraction of sp³-hybridized carbons (Fsp3) is 0.222. The molecule has 0 aromatic carbocycles. The SMILES string of the molecule is SCCC#Cc1c(Cl)cncc1Cl. The summed E-state index contributed by atoms with van der Waals surface area (Å²) in [7, 11) is 0. The van der Waals surface area contributed by atoms with Crippen LogP contribution in [0.15, 0.2) is 12.4 Å². The van der Waals surface area contributed by atoms with Crippen LogP contribution in [0.2, 0.25) is 10.0 Å². The van der Waals surface area contributed by atoms with Crippen LogP contribution in [0.4, 0.5) is 0 Å². The molecule has 0 aliphatic rings. The number of rotatable bonds is 1. The molecule has 1 heterocycles. The van der Waals surface area contributed by atoms with E-state index < -0.39 is 0 Å². The number of hydrogen-bond donors (Lipinski definition) is 1. The van der Waals surface area contributed by atoms with E-state index in [0.717, 1.165) is 12.2 Å². The van der Waals surface area contributed by atoms with Crippen LogP contribution in [-0.2, 0) is 0 Å². The topological polar surface area (TPSA) is 12.9 Å². The van der Waals surface area contributed by atoms with Crippen molar-refractivity contribution in [1.29, 1.82) is 0 Å². The van der Waals surface area contributed by atoms with Gasteiger partial charge in [-0.15, -0.1) is 0 Å². The summed E-state index contributed by atoms with van der Waals surface area (Å²) < 4.78 is 0. The van der Waals surface area contributed by atoms with Crippen LogP contribution in [-0.4, -0.2) is 10.7 Å². The van der Waals surface area contributed by atoms with E-state index in [9.17, 15) is 0 Å². The van der Waals surface area contributed by atoms with E-state index in [0.29, 0.717) is 15.6 Å². The minimum Gasteiger partial charge on any atom is -0.262 e. The van der Waals surface area contributed by atoms with E-state index in [-0.39, 0.29) is 0 Å². The standard InChI is InChI=1S/C9H7Cl2NS/c10-8-5-12-6-9(11)7(8)3-1-2-4-13/h5-6,13H,2,4H2. The number of aromatic nitrogens is 1. The van der Waals surface area contributed by atoms with Gasteiger partial charge in [-0.1, -0.05) is 35.0 Å². The number of nitrogens with zero attached hydrogens (tertiary/aromatic N) is 1. The molecule has 0 bridgehead atoms. The van der Waals surface area contributed by atoms with Gasteiger partial charge < -0.3 is 0 Å². The fourth-order valence-electron chi connectivity index (χ4n) is 0.738. The summed E-state index contributed by atoms with van der Waals surface area (Å²) >= 11 is 15.7. The Labute approximate surface area is 92.9 Å². The molecule has 0 fully saturated rings. The minimum absolute atomic E-state index is 0.485. The van der Waals surface area contributed by atoms with Crippen molar-refractivity contribution < 1.29 is 0 Å². The summed E-state index contributed by atoms with van der Waals surface area (Å²) in [6, 6.07) is 0. The Kier molecular flexibility index (Phi) is 4.44. The van der Waals surface area contributed by atoms with Gasteiger partial charge in [-0.25, -0.2) is 0 Å². The van der Waals surface area contributed by atoms with Crippen molar-refractivity contribution >= 4 is 35.8 Å². The average Bonchev–Trinajstić information content (AvgIpc) is 2.10. The molecule has 0 spiro atoms. The van der Waals surface area contributed by atoms with Gasteiger partial charge in [0.1, 0.15) is 0 Å². The smallest absolute Gasteiger partial charge is 0.0760 e. The zero-order valence-corrected chi connectivity index (χ0v) is 9.13. The average molecular weight is 232 g/mol. The predicted molar refractivity (Wildman–Crippen MR) is 59.6 cm³/mol. The molecule has 0 atom stereocenters. The van der Waals surface area contributed by atoms with Gasteiger partial charge in [0.2, 0.25) is 0 Å². The second-order valence-electron chi connectivity index (χ2n) is 2.25. The molecule has 68 valence electrons. The summed E-state index contributed by atoms with van der Waals surface area (Å²) in [6.45, 7) is 0. The van der Waals surface area contributed by atoms with Gasteiger partial charge in [0.05, 0.1) is 15.6 Å². The van der Waals surface area contributed by atoms with Crippen LogP contribution in [0.5, 0.6) is 0 Å². The van der Waals surface area contributed by atoms with Crippen LogP contribution < -0.4 is 0 Å². The Bertz CT molecular complexity index is 334. The largest absolute Gasteiger partial charge is 0.262 e. The van der Waals surface area contributed by atoms with Gasteiger partial charge in [-0.05, 0) is 0 Å². The van der Waals surface area contributed by atoms with Crippen molar-refractivity contribution in [2.24, 2.45) is 0 Å². The Morgan fingerprint density at radius 1 is 1.31 bits per heavy atom. The molecular formula is C9H7Cl2NS. The van der Waals surface area contributed by atoms with E-state index in [1.54, 1.807) is 0 Å². The first-order valence-corrected chi connectivity index (χ1v) is 5.03. The normalized spacial score (nSPS) is 9.15. The highest BCUT2D eigenvalue weighted by Crippen LogP contribution is 2.21. The molecule has 0 amide bonds. The summed E-state index contributed by atoms with van der Waals surface area (Å²) in [6.07, 6.45) is 3.77. The molecule has 1 nitrogen and oxygen atoms in total. The van der Waals surface area contributed by atoms with Crippen molar-refractivity contribution in [2.75, 3.05) is 5.75 Å². The van der Waals surface area contributed by atoms with Crippen LogP contribution in [0.3, 0.4) is 0 Å². The fourth-order valence-corrected chi connectivity index (χ4v) is 1.31. The highest BCUT2D eigenvalue weighted by molar-refractivity contribution is 7.80. The van der Waals surface area contributed by atoms with E-state index in [1.165, 1.54) is 12.4 Å². The maximum absolute atomic E-state index is 5.84. The Morgan fingerprint density at radius 3 is 2.46 bits per heavy atom. The lowest BCUT2D eigenvalue weighted by Crippen LogP contribution is -1.82. The van der Waals surface area contributed by atoms with Gasteiger partial charge in [0, 0.05) is 24.6 Å². The molecule has 0 unspecified atom stereocenters. The van der Waals surface area contributed by atoms with Crippen molar-refractivity contribution in [3.63, 3.8) is 0 Å². The quantitative estimate of drug-likeness (QED) is 0.580. The summed E-state index contributed by atoms with van der Waals surface area (Å²) in [5.41, 5.74) is 0.639. The third-order valence-electron chi connectivity index (χ3n) is 1.30. The van der Waals surface area contributed by atoms with E-state index in [4.69, 9.17) is 23.2 Å². The Morgan fingerprint density at radius 2 is 1.92 bits per heavy atom. The van der Waals surface area contributed by atoms with Crippen molar-refractivity contribution in [1.82, 2.24) is 4.98 Å². The Hall–Kier alpha value is -0.360. The minimum atomic E-state index is 0.485. The Balaban J connectivity index is 2.95. The van der Waals surface area contributed by atoms with Gasteiger partial charge in [0.25, 0.3) is 0 Å².